The number of anilines is 1. The average Bonchev–Trinajstić information content (AvgIpc) is 2.46. The van der Waals surface area contributed by atoms with Crippen LogP contribution in [0.2, 0.25) is 0 Å². The van der Waals surface area contributed by atoms with Crippen molar-refractivity contribution in [2.45, 2.75) is 19.8 Å². The third kappa shape index (κ3) is 4.63. The average molecular weight is 288 g/mol. The first-order valence-electron chi connectivity index (χ1n) is 7.11. The van der Waals surface area contributed by atoms with Crippen LogP contribution in [0.1, 0.15) is 25.3 Å². The second-order valence-corrected chi connectivity index (χ2v) is 5.40. The van der Waals surface area contributed by atoms with Gasteiger partial charge in [-0.05, 0) is 42.5 Å². The van der Waals surface area contributed by atoms with Gasteiger partial charge in [-0.3, -0.25) is 0 Å². The molecular formula is C16H20N2O3. The van der Waals surface area contributed by atoms with E-state index < -0.39 is 5.97 Å². The van der Waals surface area contributed by atoms with Gasteiger partial charge < -0.3 is 15.3 Å². The molecule has 1 saturated heterocycles. The molecule has 0 radical (unpaired) electrons. The van der Waals surface area contributed by atoms with Gasteiger partial charge in [0.2, 0.25) is 0 Å². The van der Waals surface area contributed by atoms with Crippen LogP contribution in [-0.2, 0) is 4.79 Å². The molecule has 1 aromatic rings. The Hall–Kier alpha value is -2.30. The van der Waals surface area contributed by atoms with Gasteiger partial charge in [0.25, 0.3) is 0 Å². The van der Waals surface area contributed by atoms with Gasteiger partial charge in [0.15, 0.2) is 0 Å². The Balaban J connectivity index is 1.97. The summed E-state index contributed by atoms with van der Waals surface area (Å²) >= 11 is 0. The van der Waals surface area contributed by atoms with Crippen molar-refractivity contribution in [2.24, 2.45) is 5.92 Å². The topological polar surface area (TPSA) is 69.6 Å². The molecule has 5 heteroatoms. The first kappa shape index (κ1) is 15.1. The van der Waals surface area contributed by atoms with Gasteiger partial charge in [0.1, 0.15) is 0 Å². The summed E-state index contributed by atoms with van der Waals surface area (Å²) in [6.07, 6.45) is 4.65. The molecule has 1 aliphatic heterocycles. The van der Waals surface area contributed by atoms with Gasteiger partial charge in [0, 0.05) is 24.9 Å². The molecule has 0 atom stereocenters. The van der Waals surface area contributed by atoms with Crippen molar-refractivity contribution < 1.29 is 14.7 Å². The second kappa shape index (κ2) is 6.92. The van der Waals surface area contributed by atoms with E-state index >= 15 is 0 Å². The predicted octanol–water partition coefficient (Wildman–Crippen LogP) is 3.05. The Morgan fingerprint density at radius 3 is 2.71 bits per heavy atom. The fraction of sp³-hybridized carbons (Fsp3) is 0.375. The standard InChI is InChI=1S/C16H20N2O3/c1-12-7-9-18(10-8-12)16(21)17-14-4-2-3-13(11-14)5-6-15(19)20/h2-6,11-12H,7-10H2,1H3,(H,17,21)(H,19,20)/b6-5+. The van der Waals surface area contributed by atoms with Crippen molar-refractivity contribution in [3.05, 3.63) is 35.9 Å². The van der Waals surface area contributed by atoms with Crippen molar-refractivity contribution >= 4 is 23.8 Å². The zero-order chi connectivity index (χ0) is 15.2. The number of amides is 2. The number of urea groups is 1. The maximum atomic E-state index is 12.2. The van der Waals surface area contributed by atoms with Gasteiger partial charge in [-0.15, -0.1) is 0 Å². The van der Waals surface area contributed by atoms with E-state index in [4.69, 9.17) is 5.11 Å². The monoisotopic (exact) mass is 288 g/mol. The van der Waals surface area contributed by atoms with Crippen LogP contribution >= 0.6 is 0 Å². The lowest BCUT2D eigenvalue weighted by molar-refractivity contribution is -0.131. The molecule has 1 heterocycles. The van der Waals surface area contributed by atoms with Gasteiger partial charge in [-0.2, -0.15) is 0 Å². The maximum absolute atomic E-state index is 12.2. The van der Waals surface area contributed by atoms with Crippen LogP contribution in [0.25, 0.3) is 6.08 Å². The molecule has 0 bridgehead atoms. The zero-order valence-corrected chi connectivity index (χ0v) is 12.1. The number of carboxylic acids is 1. The van der Waals surface area contributed by atoms with Crippen LogP contribution in [0.4, 0.5) is 10.5 Å². The summed E-state index contributed by atoms with van der Waals surface area (Å²) in [6.45, 7) is 3.77. The summed E-state index contributed by atoms with van der Waals surface area (Å²) in [5, 5.41) is 11.5. The number of aliphatic carboxylic acids is 1. The summed E-state index contributed by atoms with van der Waals surface area (Å²) in [6, 6.07) is 7.03. The molecule has 112 valence electrons. The molecule has 0 spiro atoms. The number of nitrogens with zero attached hydrogens (tertiary/aromatic N) is 1. The van der Waals surface area contributed by atoms with E-state index in [9.17, 15) is 9.59 Å². The first-order valence-corrected chi connectivity index (χ1v) is 7.11. The fourth-order valence-electron chi connectivity index (χ4n) is 2.30. The number of benzene rings is 1. The Morgan fingerprint density at radius 2 is 2.05 bits per heavy atom. The summed E-state index contributed by atoms with van der Waals surface area (Å²) in [4.78, 5) is 24.5. The molecule has 0 saturated carbocycles. The minimum atomic E-state index is -0.994. The number of rotatable bonds is 3. The summed E-state index contributed by atoms with van der Waals surface area (Å²) in [5.41, 5.74) is 1.41. The van der Waals surface area contributed by atoms with Crippen molar-refractivity contribution in [1.82, 2.24) is 4.90 Å². The van der Waals surface area contributed by atoms with Crippen LogP contribution < -0.4 is 5.32 Å². The van der Waals surface area contributed by atoms with E-state index in [0.29, 0.717) is 11.6 Å². The summed E-state index contributed by atoms with van der Waals surface area (Å²) in [7, 11) is 0. The largest absolute Gasteiger partial charge is 0.478 e. The highest BCUT2D eigenvalue weighted by atomic mass is 16.4. The van der Waals surface area contributed by atoms with Crippen LogP contribution in [0.5, 0.6) is 0 Å². The SMILES string of the molecule is CC1CCN(C(=O)Nc2cccc(/C=C/C(=O)O)c2)CC1. The third-order valence-electron chi connectivity index (χ3n) is 3.63. The number of likely N-dealkylation sites (tertiary alicyclic amines) is 1. The maximum Gasteiger partial charge on any atom is 0.328 e. The van der Waals surface area contributed by atoms with E-state index in [1.165, 1.54) is 6.08 Å². The molecule has 2 rings (SSSR count). The fourth-order valence-corrected chi connectivity index (χ4v) is 2.30. The van der Waals surface area contributed by atoms with Gasteiger partial charge in [0.05, 0.1) is 0 Å². The molecule has 21 heavy (non-hydrogen) atoms. The van der Waals surface area contributed by atoms with Gasteiger partial charge in [-0.1, -0.05) is 19.1 Å². The van der Waals surface area contributed by atoms with E-state index in [-0.39, 0.29) is 6.03 Å². The van der Waals surface area contributed by atoms with Crippen LogP contribution in [0.15, 0.2) is 30.3 Å². The first-order chi connectivity index (χ1) is 10.0. The van der Waals surface area contributed by atoms with Crippen molar-refractivity contribution in [2.75, 3.05) is 18.4 Å². The van der Waals surface area contributed by atoms with Crippen molar-refractivity contribution in [3.8, 4) is 0 Å². The smallest absolute Gasteiger partial charge is 0.328 e. The molecule has 5 nitrogen and oxygen atoms in total. The molecule has 2 N–H and O–H groups in total. The Bertz CT molecular complexity index is 546. The molecule has 0 aliphatic carbocycles. The third-order valence-corrected chi connectivity index (χ3v) is 3.63. The minimum absolute atomic E-state index is 0.0961. The molecule has 0 aromatic heterocycles. The lowest BCUT2D eigenvalue weighted by Crippen LogP contribution is -2.40. The number of hydrogen-bond acceptors (Lipinski definition) is 2. The van der Waals surface area contributed by atoms with Gasteiger partial charge >= 0.3 is 12.0 Å². The van der Waals surface area contributed by atoms with E-state index in [1.54, 1.807) is 24.3 Å². The lowest BCUT2D eigenvalue weighted by atomic mass is 10.00. The van der Waals surface area contributed by atoms with Crippen LogP contribution in [0.3, 0.4) is 0 Å². The number of hydrogen-bond donors (Lipinski definition) is 2. The summed E-state index contributed by atoms with van der Waals surface area (Å²) < 4.78 is 0. The molecule has 2 amide bonds. The quantitative estimate of drug-likeness (QED) is 0.840. The normalized spacial score (nSPS) is 16.1. The number of carbonyl (C=O) groups excluding carboxylic acids is 1. The minimum Gasteiger partial charge on any atom is -0.478 e. The van der Waals surface area contributed by atoms with Crippen LogP contribution in [0, 0.1) is 5.92 Å². The Labute approximate surface area is 124 Å². The Kier molecular flexibility index (Phi) is 4.98. The number of carboxylic acid groups (broad SMARTS) is 1. The summed E-state index contributed by atoms with van der Waals surface area (Å²) in [5.74, 6) is -0.314. The van der Waals surface area contributed by atoms with E-state index in [0.717, 1.165) is 37.6 Å². The molecule has 1 fully saturated rings. The zero-order valence-electron chi connectivity index (χ0n) is 12.1. The molecular weight excluding hydrogens is 268 g/mol. The number of carbonyl (C=O) groups is 2. The van der Waals surface area contributed by atoms with Crippen LogP contribution in [-0.4, -0.2) is 35.1 Å². The molecule has 1 aliphatic rings. The van der Waals surface area contributed by atoms with Crippen molar-refractivity contribution in [1.29, 1.82) is 0 Å². The number of nitrogens with one attached hydrogen (secondary N) is 1. The van der Waals surface area contributed by atoms with Crippen molar-refractivity contribution in [3.63, 3.8) is 0 Å². The number of piperidine rings is 1. The highest BCUT2D eigenvalue weighted by Gasteiger charge is 2.20. The highest BCUT2D eigenvalue weighted by Crippen LogP contribution is 2.18. The lowest BCUT2D eigenvalue weighted by Gasteiger charge is -2.30. The molecule has 1 aromatic carbocycles. The highest BCUT2D eigenvalue weighted by molar-refractivity contribution is 5.90. The predicted molar refractivity (Wildman–Crippen MR) is 82.1 cm³/mol. The van der Waals surface area contributed by atoms with E-state index in [1.807, 2.05) is 4.90 Å². The second-order valence-electron chi connectivity index (χ2n) is 5.40. The molecule has 0 unspecified atom stereocenters. The van der Waals surface area contributed by atoms with Gasteiger partial charge in [-0.25, -0.2) is 9.59 Å². The Morgan fingerprint density at radius 1 is 1.33 bits per heavy atom. The van der Waals surface area contributed by atoms with E-state index in [2.05, 4.69) is 12.2 Å².